The van der Waals surface area contributed by atoms with Gasteiger partial charge in [-0.2, -0.15) is 0 Å². The third-order valence-electron chi connectivity index (χ3n) is 5.75. The van der Waals surface area contributed by atoms with Gasteiger partial charge in [0.05, 0.1) is 28.7 Å². The highest BCUT2D eigenvalue weighted by atomic mass is 32.2. The number of methoxy groups -OCH3 is 1. The van der Waals surface area contributed by atoms with E-state index in [-0.39, 0.29) is 10.8 Å². The molecule has 3 aromatic carbocycles. The highest BCUT2D eigenvalue weighted by molar-refractivity contribution is 8.00. The van der Waals surface area contributed by atoms with Gasteiger partial charge < -0.3 is 15.0 Å². The first-order valence-corrected chi connectivity index (χ1v) is 14.3. The van der Waals surface area contributed by atoms with E-state index >= 15 is 0 Å². The van der Waals surface area contributed by atoms with Gasteiger partial charge in [0.2, 0.25) is 15.9 Å². The average Bonchev–Trinajstić information content (AvgIpc) is 3.30. The minimum atomic E-state index is -3.62. The van der Waals surface area contributed by atoms with Crippen LogP contribution in [0.2, 0.25) is 0 Å². The van der Waals surface area contributed by atoms with Crippen molar-refractivity contribution in [3.05, 3.63) is 77.9 Å². The molecule has 0 fully saturated rings. The standard InChI is InChI=1S/C27H30N4O4S2/c1-4-5-15-28-37(33,34)20-12-13-21-22(17-20)31-27(30-21)36-25(19-9-7-6-8-10-19)26(32)29-23-16-18(2)11-14-24(23)35-3/h6-14,16-17,25,28H,4-5,15H2,1-3H3,(H,29,32)(H,30,31). The lowest BCUT2D eigenvalue weighted by Gasteiger charge is -2.17. The fraction of sp³-hybridized carbons (Fsp3) is 0.259. The number of rotatable bonds is 11. The number of hydrogen-bond donors (Lipinski definition) is 3. The summed E-state index contributed by atoms with van der Waals surface area (Å²) in [6.07, 6.45) is 1.67. The van der Waals surface area contributed by atoms with E-state index in [9.17, 15) is 13.2 Å². The van der Waals surface area contributed by atoms with Gasteiger partial charge in [-0.15, -0.1) is 0 Å². The van der Waals surface area contributed by atoms with Crippen molar-refractivity contribution >= 4 is 44.4 Å². The van der Waals surface area contributed by atoms with Gasteiger partial charge in [0.25, 0.3) is 0 Å². The molecule has 0 spiro atoms. The zero-order chi connectivity index (χ0) is 26.4. The molecular weight excluding hydrogens is 508 g/mol. The number of hydrogen-bond acceptors (Lipinski definition) is 6. The number of unbranched alkanes of at least 4 members (excludes halogenated alkanes) is 1. The molecule has 194 valence electrons. The Hall–Kier alpha value is -3.34. The molecule has 1 unspecified atom stereocenters. The molecule has 1 aromatic heterocycles. The van der Waals surface area contributed by atoms with Crippen LogP contribution in [0.5, 0.6) is 5.75 Å². The van der Waals surface area contributed by atoms with Crippen molar-refractivity contribution in [2.24, 2.45) is 0 Å². The number of thioether (sulfide) groups is 1. The lowest BCUT2D eigenvalue weighted by molar-refractivity contribution is -0.115. The Morgan fingerprint density at radius 2 is 1.89 bits per heavy atom. The quantitative estimate of drug-likeness (QED) is 0.173. The van der Waals surface area contributed by atoms with Gasteiger partial charge in [0, 0.05) is 6.54 Å². The molecule has 0 bridgehead atoms. The maximum atomic E-state index is 13.5. The molecule has 10 heteroatoms. The van der Waals surface area contributed by atoms with Gasteiger partial charge in [-0.25, -0.2) is 18.1 Å². The van der Waals surface area contributed by atoms with Crippen molar-refractivity contribution in [2.45, 2.75) is 42.0 Å². The second kappa shape index (κ2) is 11.8. The number of carbonyl (C=O) groups excluding carboxylic acids is 1. The molecule has 0 aliphatic carbocycles. The molecule has 1 atom stereocenters. The molecule has 37 heavy (non-hydrogen) atoms. The molecule has 0 saturated carbocycles. The number of imidazole rings is 1. The molecule has 0 saturated heterocycles. The lowest BCUT2D eigenvalue weighted by Crippen LogP contribution is -2.24. The first kappa shape index (κ1) is 26.7. The number of aromatic amines is 1. The molecule has 1 amide bonds. The predicted octanol–water partition coefficient (Wildman–Crippen LogP) is 5.43. The van der Waals surface area contributed by atoms with Crippen molar-refractivity contribution in [1.82, 2.24) is 14.7 Å². The van der Waals surface area contributed by atoms with Crippen LogP contribution in [-0.2, 0) is 14.8 Å². The first-order valence-electron chi connectivity index (χ1n) is 12.0. The Labute approximate surface area is 221 Å². The summed E-state index contributed by atoms with van der Waals surface area (Å²) < 4.78 is 33.3. The number of aryl methyl sites for hydroxylation is 1. The van der Waals surface area contributed by atoms with Crippen LogP contribution < -0.4 is 14.8 Å². The van der Waals surface area contributed by atoms with E-state index in [1.807, 2.05) is 62.4 Å². The Bertz CT molecular complexity index is 1490. The SMILES string of the molecule is CCCCNS(=O)(=O)c1ccc2nc(SC(C(=O)Nc3cc(C)ccc3OC)c3ccccc3)[nH]c2c1. The Morgan fingerprint density at radius 3 is 2.62 bits per heavy atom. The number of nitrogens with zero attached hydrogens (tertiary/aromatic N) is 1. The Kier molecular flexibility index (Phi) is 8.52. The number of sulfonamides is 1. The third-order valence-corrected chi connectivity index (χ3v) is 8.34. The fourth-order valence-electron chi connectivity index (χ4n) is 3.79. The zero-order valence-electron chi connectivity index (χ0n) is 20.9. The molecule has 4 aromatic rings. The molecule has 4 rings (SSSR count). The Balaban J connectivity index is 1.61. The number of benzene rings is 3. The molecule has 8 nitrogen and oxygen atoms in total. The van der Waals surface area contributed by atoms with Crippen LogP contribution in [0.4, 0.5) is 5.69 Å². The van der Waals surface area contributed by atoms with Crippen LogP contribution in [0.1, 0.15) is 36.1 Å². The monoisotopic (exact) mass is 538 g/mol. The second-order valence-electron chi connectivity index (χ2n) is 8.57. The normalized spacial score (nSPS) is 12.4. The van der Waals surface area contributed by atoms with Crippen molar-refractivity contribution < 1.29 is 17.9 Å². The van der Waals surface area contributed by atoms with E-state index in [0.717, 1.165) is 24.0 Å². The van der Waals surface area contributed by atoms with Gasteiger partial charge >= 0.3 is 0 Å². The topological polar surface area (TPSA) is 113 Å². The predicted molar refractivity (Wildman–Crippen MR) is 148 cm³/mol. The van der Waals surface area contributed by atoms with Crippen LogP contribution in [-0.4, -0.2) is 37.9 Å². The molecule has 0 radical (unpaired) electrons. The maximum absolute atomic E-state index is 13.5. The highest BCUT2D eigenvalue weighted by Crippen LogP contribution is 2.37. The fourth-order valence-corrected chi connectivity index (χ4v) is 5.89. The smallest absolute Gasteiger partial charge is 0.242 e. The summed E-state index contributed by atoms with van der Waals surface area (Å²) in [6.45, 7) is 4.34. The summed E-state index contributed by atoms with van der Waals surface area (Å²) in [4.78, 5) is 21.5. The number of amides is 1. The number of fused-ring (bicyclic) bond motifs is 1. The van der Waals surface area contributed by atoms with Gasteiger partial charge in [-0.1, -0.05) is 61.5 Å². The second-order valence-corrected chi connectivity index (χ2v) is 11.4. The zero-order valence-corrected chi connectivity index (χ0v) is 22.6. The summed E-state index contributed by atoms with van der Waals surface area (Å²) in [7, 11) is -2.06. The van der Waals surface area contributed by atoms with Crippen LogP contribution in [0.15, 0.2) is 76.8 Å². The minimum Gasteiger partial charge on any atom is -0.495 e. The number of ether oxygens (including phenoxy) is 1. The summed E-state index contributed by atoms with van der Waals surface area (Å²) >= 11 is 1.26. The molecule has 1 heterocycles. The number of H-pyrrole nitrogens is 1. The summed E-state index contributed by atoms with van der Waals surface area (Å²) in [5, 5.41) is 2.88. The van der Waals surface area contributed by atoms with E-state index < -0.39 is 15.3 Å². The van der Waals surface area contributed by atoms with Gasteiger partial charge in [-0.3, -0.25) is 4.79 Å². The molecular formula is C27H30N4O4S2. The van der Waals surface area contributed by atoms with Gasteiger partial charge in [0.15, 0.2) is 5.16 Å². The van der Waals surface area contributed by atoms with Crippen molar-refractivity contribution in [2.75, 3.05) is 19.0 Å². The number of aromatic nitrogens is 2. The average molecular weight is 539 g/mol. The maximum Gasteiger partial charge on any atom is 0.242 e. The minimum absolute atomic E-state index is 0.167. The van der Waals surface area contributed by atoms with E-state index in [1.54, 1.807) is 19.2 Å². The largest absolute Gasteiger partial charge is 0.495 e. The molecule has 3 N–H and O–H groups in total. The van der Waals surface area contributed by atoms with E-state index in [2.05, 4.69) is 20.0 Å². The van der Waals surface area contributed by atoms with E-state index in [1.165, 1.54) is 17.8 Å². The lowest BCUT2D eigenvalue weighted by atomic mass is 10.1. The van der Waals surface area contributed by atoms with Gasteiger partial charge in [0.1, 0.15) is 11.0 Å². The van der Waals surface area contributed by atoms with Crippen LogP contribution in [0, 0.1) is 6.92 Å². The van der Waals surface area contributed by atoms with Crippen molar-refractivity contribution in [3.8, 4) is 5.75 Å². The molecule has 0 aliphatic rings. The summed E-state index contributed by atoms with van der Waals surface area (Å²) in [5.41, 5.74) is 3.58. The highest BCUT2D eigenvalue weighted by Gasteiger charge is 2.25. The number of carbonyl (C=O) groups is 1. The van der Waals surface area contributed by atoms with Crippen LogP contribution in [0.25, 0.3) is 11.0 Å². The van der Waals surface area contributed by atoms with Crippen molar-refractivity contribution in [1.29, 1.82) is 0 Å². The van der Waals surface area contributed by atoms with E-state index in [4.69, 9.17) is 4.74 Å². The third kappa shape index (κ3) is 6.51. The van der Waals surface area contributed by atoms with E-state index in [0.29, 0.717) is 34.2 Å². The number of nitrogens with one attached hydrogen (secondary N) is 3. The molecule has 0 aliphatic heterocycles. The first-order chi connectivity index (χ1) is 17.8. The van der Waals surface area contributed by atoms with Crippen LogP contribution in [0.3, 0.4) is 0 Å². The van der Waals surface area contributed by atoms with Gasteiger partial charge in [-0.05, 0) is 54.8 Å². The summed E-state index contributed by atoms with van der Waals surface area (Å²) in [5.74, 6) is 0.338. The number of anilines is 1. The summed E-state index contributed by atoms with van der Waals surface area (Å²) in [6, 6.07) is 19.8. The van der Waals surface area contributed by atoms with Crippen LogP contribution >= 0.6 is 11.8 Å². The van der Waals surface area contributed by atoms with Crippen molar-refractivity contribution in [3.63, 3.8) is 0 Å². The Morgan fingerprint density at radius 1 is 1.11 bits per heavy atom.